The maximum absolute atomic E-state index is 12.0. The lowest BCUT2D eigenvalue weighted by Gasteiger charge is -2.07. The van der Waals surface area contributed by atoms with Gasteiger partial charge in [-0.25, -0.2) is 13.1 Å². The van der Waals surface area contributed by atoms with Gasteiger partial charge in [0, 0.05) is 12.6 Å². The van der Waals surface area contributed by atoms with Gasteiger partial charge < -0.3 is 5.73 Å². The summed E-state index contributed by atoms with van der Waals surface area (Å²) in [5.74, 6) is 0.967. The first-order chi connectivity index (χ1) is 9.38. The van der Waals surface area contributed by atoms with E-state index in [1.807, 2.05) is 6.26 Å². The Labute approximate surface area is 122 Å². The minimum Gasteiger partial charge on any atom is -0.393 e. The molecule has 0 bridgehead atoms. The van der Waals surface area contributed by atoms with Gasteiger partial charge in [-0.15, -0.1) is 0 Å². The molecule has 1 aromatic rings. The fourth-order valence-electron chi connectivity index (χ4n) is 1.51. The lowest BCUT2D eigenvalue weighted by atomic mass is 10.3. The Hall–Kier alpha value is -1.32. The molecule has 0 unspecified atom stereocenters. The van der Waals surface area contributed by atoms with Crippen molar-refractivity contribution in [2.24, 2.45) is 0 Å². The van der Waals surface area contributed by atoms with E-state index in [-0.39, 0.29) is 10.6 Å². The number of nitrogens with one attached hydrogen (secondary N) is 1. The maximum atomic E-state index is 12.0. The van der Waals surface area contributed by atoms with E-state index in [0.717, 1.165) is 24.7 Å². The summed E-state index contributed by atoms with van der Waals surface area (Å²) < 4.78 is 26.4. The molecule has 1 aromatic carbocycles. The first-order valence-corrected chi connectivity index (χ1v) is 8.78. The van der Waals surface area contributed by atoms with E-state index >= 15 is 0 Å². The lowest BCUT2D eigenvalue weighted by molar-refractivity contribution is -0.384. The summed E-state index contributed by atoms with van der Waals surface area (Å²) in [6, 6.07) is 3.45. The topological polar surface area (TPSA) is 115 Å². The van der Waals surface area contributed by atoms with Gasteiger partial charge in [-0.1, -0.05) is 0 Å². The van der Waals surface area contributed by atoms with Crippen molar-refractivity contribution in [1.82, 2.24) is 4.72 Å². The molecular weight excluding hydrogens is 302 g/mol. The van der Waals surface area contributed by atoms with Crippen LogP contribution in [0, 0.1) is 10.1 Å². The molecule has 0 radical (unpaired) electrons. The van der Waals surface area contributed by atoms with Crippen molar-refractivity contribution in [2.45, 2.75) is 17.7 Å². The number of nitrogen functional groups attached to an aromatic ring is 1. The lowest BCUT2D eigenvalue weighted by Crippen LogP contribution is -2.25. The number of rotatable bonds is 8. The number of unbranched alkanes of at least 4 members (excludes halogenated alkanes) is 1. The average Bonchev–Trinajstić information content (AvgIpc) is 2.38. The largest absolute Gasteiger partial charge is 0.393 e. The molecule has 0 aliphatic rings. The predicted octanol–water partition coefficient (Wildman–Crippen LogP) is 1.60. The molecule has 0 fully saturated rings. The van der Waals surface area contributed by atoms with Gasteiger partial charge >= 0.3 is 0 Å². The first-order valence-electron chi connectivity index (χ1n) is 5.91. The van der Waals surface area contributed by atoms with Crippen molar-refractivity contribution < 1.29 is 13.3 Å². The van der Waals surface area contributed by atoms with Gasteiger partial charge in [0.05, 0.1) is 9.82 Å². The molecule has 20 heavy (non-hydrogen) atoms. The first kappa shape index (κ1) is 16.7. The van der Waals surface area contributed by atoms with E-state index in [9.17, 15) is 18.5 Å². The van der Waals surface area contributed by atoms with Crippen LogP contribution in [-0.2, 0) is 10.0 Å². The van der Waals surface area contributed by atoms with Gasteiger partial charge in [0.1, 0.15) is 5.69 Å². The minimum absolute atomic E-state index is 0.0612. The second-order valence-electron chi connectivity index (χ2n) is 4.08. The number of benzene rings is 1. The minimum atomic E-state index is -3.74. The smallest absolute Gasteiger partial charge is 0.293 e. The highest BCUT2D eigenvalue weighted by atomic mass is 32.2. The summed E-state index contributed by atoms with van der Waals surface area (Å²) in [6.07, 6.45) is 3.61. The number of thioether (sulfide) groups is 1. The Morgan fingerprint density at radius 2 is 2.10 bits per heavy atom. The Kier molecular flexibility index (Phi) is 6.24. The highest BCUT2D eigenvalue weighted by Crippen LogP contribution is 2.24. The molecule has 0 aromatic heterocycles. The summed E-state index contributed by atoms with van der Waals surface area (Å²) >= 11 is 1.70. The quantitative estimate of drug-likeness (QED) is 0.325. The van der Waals surface area contributed by atoms with Gasteiger partial charge in [0.15, 0.2) is 0 Å². The van der Waals surface area contributed by atoms with Crippen LogP contribution in [0.15, 0.2) is 23.1 Å². The molecule has 0 atom stereocenters. The molecule has 9 heteroatoms. The molecule has 1 rings (SSSR count). The number of nitrogens with zero attached hydrogens (tertiary/aromatic N) is 1. The zero-order valence-corrected chi connectivity index (χ0v) is 12.7. The van der Waals surface area contributed by atoms with Crippen LogP contribution < -0.4 is 10.5 Å². The molecule has 0 amide bonds. The highest BCUT2D eigenvalue weighted by Gasteiger charge is 2.19. The SMILES string of the molecule is CSCCCCNS(=O)(=O)c1ccc(N)c([N+](=O)[O-])c1. The molecular formula is C11H17N3O4S2. The van der Waals surface area contributed by atoms with Crippen molar-refractivity contribution >= 4 is 33.2 Å². The van der Waals surface area contributed by atoms with Gasteiger partial charge in [0.25, 0.3) is 5.69 Å². The summed E-state index contributed by atoms with van der Waals surface area (Å²) in [7, 11) is -3.74. The van der Waals surface area contributed by atoms with Crippen LogP contribution in [0.1, 0.15) is 12.8 Å². The van der Waals surface area contributed by atoms with Crippen LogP contribution in [0.4, 0.5) is 11.4 Å². The maximum Gasteiger partial charge on any atom is 0.293 e. The fraction of sp³-hybridized carbons (Fsp3) is 0.455. The van der Waals surface area contributed by atoms with Crippen molar-refractivity contribution in [1.29, 1.82) is 0 Å². The zero-order chi connectivity index (χ0) is 15.2. The van der Waals surface area contributed by atoms with E-state index in [0.29, 0.717) is 6.54 Å². The number of anilines is 1. The Bertz CT molecular complexity index is 575. The number of nitro groups is 1. The van der Waals surface area contributed by atoms with E-state index in [2.05, 4.69) is 4.72 Å². The second kappa shape index (κ2) is 7.46. The Morgan fingerprint density at radius 1 is 1.40 bits per heavy atom. The molecule has 112 valence electrons. The average molecular weight is 319 g/mol. The number of sulfonamides is 1. The van der Waals surface area contributed by atoms with Crippen molar-refractivity contribution in [3.05, 3.63) is 28.3 Å². The molecule has 0 saturated carbocycles. The van der Waals surface area contributed by atoms with Crippen LogP contribution in [-0.4, -0.2) is 31.9 Å². The van der Waals surface area contributed by atoms with Crippen LogP contribution in [0.5, 0.6) is 0 Å². The molecule has 0 heterocycles. The summed E-state index contributed by atoms with van der Waals surface area (Å²) in [6.45, 7) is 0.307. The van der Waals surface area contributed by atoms with Gasteiger partial charge in [-0.3, -0.25) is 10.1 Å². The van der Waals surface area contributed by atoms with E-state index in [4.69, 9.17) is 5.73 Å². The van der Waals surface area contributed by atoms with Crippen molar-refractivity contribution in [2.75, 3.05) is 24.3 Å². The monoisotopic (exact) mass is 319 g/mol. The van der Waals surface area contributed by atoms with Gasteiger partial charge in [-0.2, -0.15) is 11.8 Å². The summed E-state index contributed by atoms with van der Waals surface area (Å²) in [5, 5.41) is 10.7. The van der Waals surface area contributed by atoms with Gasteiger partial charge in [-0.05, 0) is 37.0 Å². The van der Waals surface area contributed by atoms with E-state index in [1.54, 1.807) is 11.8 Å². The third kappa shape index (κ3) is 4.66. The fourth-order valence-corrected chi connectivity index (χ4v) is 3.10. The molecule has 0 spiro atoms. The summed E-state index contributed by atoms with van der Waals surface area (Å²) in [5.41, 5.74) is 4.96. The molecule has 3 N–H and O–H groups in total. The molecule has 0 saturated heterocycles. The normalized spacial score (nSPS) is 11.4. The zero-order valence-electron chi connectivity index (χ0n) is 11.0. The number of hydrogen-bond acceptors (Lipinski definition) is 6. The number of nitro benzene ring substituents is 1. The number of hydrogen-bond donors (Lipinski definition) is 2. The standard InChI is InChI=1S/C11H17N3O4S2/c1-19-7-3-2-6-13-20(17,18)9-4-5-10(12)11(8-9)14(15)16/h4-5,8,13H,2-3,6-7,12H2,1H3. The van der Waals surface area contributed by atoms with Crippen molar-refractivity contribution in [3.8, 4) is 0 Å². The van der Waals surface area contributed by atoms with Crippen LogP contribution in [0.2, 0.25) is 0 Å². The molecule has 0 aliphatic carbocycles. The van der Waals surface area contributed by atoms with Gasteiger partial charge in [0.2, 0.25) is 10.0 Å². The van der Waals surface area contributed by atoms with Crippen LogP contribution in [0.3, 0.4) is 0 Å². The van der Waals surface area contributed by atoms with Crippen molar-refractivity contribution in [3.63, 3.8) is 0 Å². The van der Waals surface area contributed by atoms with E-state index < -0.39 is 20.6 Å². The van der Waals surface area contributed by atoms with Crippen LogP contribution in [0.25, 0.3) is 0 Å². The number of nitrogens with two attached hydrogens (primary N) is 1. The Morgan fingerprint density at radius 3 is 2.70 bits per heavy atom. The van der Waals surface area contributed by atoms with E-state index in [1.165, 1.54) is 12.1 Å². The van der Waals surface area contributed by atoms with Crippen LogP contribution >= 0.6 is 11.8 Å². The third-order valence-corrected chi connectivity index (χ3v) is 4.73. The molecule has 7 nitrogen and oxygen atoms in total. The third-order valence-electron chi connectivity index (χ3n) is 2.58. The Balaban J connectivity index is 2.77. The highest BCUT2D eigenvalue weighted by molar-refractivity contribution is 7.98. The predicted molar refractivity (Wildman–Crippen MR) is 80.3 cm³/mol. The second-order valence-corrected chi connectivity index (χ2v) is 6.83. The molecule has 0 aliphatic heterocycles. The summed E-state index contributed by atoms with van der Waals surface area (Å²) in [4.78, 5) is 9.89.